The summed E-state index contributed by atoms with van der Waals surface area (Å²) in [6.45, 7) is 2.58. The zero-order valence-corrected chi connectivity index (χ0v) is 9.20. The van der Waals surface area contributed by atoms with E-state index in [-0.39, 0.29) is 0 Å². The Morgan fingerprint density at radius 1 is 1.00 bits per heavy atom. The largest absolute Gasteiger partial charge is 0.396 e. The Bertz CT molecular complexity index is 98.3. The number of aliphatic hydroxyl groups is 1. The van der Waals surface area contributed by atoms with Gasteiger partial charge in [-0.3, -0.25) is 4.57 Å². The molecule has 0 rings (SSSR count). The highest BCUT2D eigenvalue weighted by molar-refractivity contribution is 7.30. The second-order valence-electron chi connectivity index (χ2n) is 2.77. The third kappa shape index (κ3) is 33.2. The van der Waals surface area contributed by atoms with E-state index in [2.05, 4.69) is 6.92 Å². The third-order valence-corrected chi connectivity index (χ3v) is 1.51. The van der Waals surface area contributed by atoms with Crippen LogP contribution in [0, 0.1) is 0 Å². The molecular formula is C8H21O4P. The number of hydrogen-bond acceptors (Lipinski definition) is 2. The molecule has 0 aliphatic rings. The van der Waals surface area contributed by atoms with Crippen LogP contribution in [0.1, 0.15) is 45.4 Å². The molecule has 0 aliphatic heterocycles. The van der Waals surface area contributed by atoms with Crippen molar-refractivity contribution in [3.8, 4) is 0 Å². The average molecular weight is 212 g/mol. The maximum atomic E-state index is 8.74. The molecule has 0 fully saturated rings. The van der Waals surface area contributed by atoms with E-state index in [1.807, 2.05) is 0 Å². The highest BCUT2D eigenvalue weighted by atomic mass is 31.1. The number of unbranched alkanes of at least 4 members (excludes halogenated alkanes) is 5. The topological polar surface area (TPSA) is 77.8 Å². The first-order valence-electron chi connectivity index (χ1n) is 4.67. The van der Waals surface area contributed by atoms with Gasteiger partial charge in [0, 0.05) is 6.61 Å². The summed E-state index contributed by atoms with van der Waals surface area (Å²) in [6.07, 6.45) is 7.50. The molecule has 13 heavy (non-hydrogen) atoms. The Labute approximate surface area is 80.6 Å². The van der Waals surface area contributed by atoms with Crippen LogP contribution in [0.25, 0.3) is 0 Å². The van der Waals surface area contributed by atoms with E-state index in [0.717, 1.165) is 6.42 Å². The smallest absolute Gasteiger partial charge is 0.314 e. The molecule has 4 nitrogen and oxygen atoms in total. The molecule has 0 spiro atoms. The van der Waals surface area contributed by atoms with Gasteiger partial charge in [0.25, 0.3) is 0 Å². The third-order valence-electron chi connectivity index (χ3n) is 1.51. The Morgan fingerprint density at radius 3 is 1.77 bits per heavy atom. The Kier molecular flexibility index (Phi) is 17.5. The molecular weight excluding hydrogens is 191 g/mol. The van der Waals surface area contributed by atoms with Crippen LogP contribution < -0.4 is 0 Å². The molecule has 0 aromatic carbocycles. The predicted molar refractivity (Wildman–Crippen MR) is 53.9 cm³/mol. The van der Waals surface area contributed by atoms with Gasteiger partial charge in [0.05, 0.1) is 0 Å². The van der Waals surface area contributed by atoms with Crippen molar-refractivity contribution in [3.05, 3.63) is 0 Å². The lowest BCUT2D eigenvalue weighted by atomic mass is 10.1. The molecule has 3 N–H and O–H groups in total. The molecule has 82 valence electrons. The van der Waals surface area contributed by atoms with Crippen molar-refractivity contribution in [1.29, 1.82) is 0 Å². The van der Waals surface area contributed by atoms with Crippen molar-refractivity contribution >= 4 is 8.25 Å². The predicted octanol–water partition coefficient (Wildman–Crippen LogP) is 1.70. The maximum absolute atomic E-state index is 8.74. The number of hydrogen-bond donors (Lipinski definition) is 3. The molecule has 5 heteroatoms. The molecule has 0 aromatic rings. The summed E-state index contributed by atoms with van der Waals surface area (Å²) in [6, 6.07) is 0. The van der Waals surface area contributed by atoms with Crippen molar-refractivity contribution < 1.29 is 19.5 Å². The van der Waals surface area contributed by atoms with E-state index in [1.165, 1.54) is 32.1 Å². The zero-order valence-electron chi connectivity index (χ0n) is 8.20. The van der Waals surface area contributed by atoms with Gasteiger partial charge in [-0.1, -0.05) is 39.0 Å². The lowest BCUT2D eigenvalue weighted by Gasteiger charge is -1.95. The minimum atomic E-state index is -3.13. The summed E-state index contributed by atoms with van der Waals surface area (Å²) in [5.41, 5.74) is 0. The quantitative estimate of drug-likeness (QED) is 0.462. The standard InChI is InChI=1S/C8H18O.H3O3P/c1-2-3-4-5-6-7-8-9;1-4(2)3/h9H,2-8H2,1H3;4H,(H2,1,2,3). The average Bonchev–Trinajstić information content (AvgIpc) is 2.03. The van der Waals surface area contributed by atoms with Gasteiger partial charge in [0.2, 0.25) is 0 Å². The minimum absolute atomic E-state index is 0.367. The van der Waals surface area contributed by atoms with Crippen molar-refractivity contribution in [2.75, 3.05) is 6.61 Å². The van der Waals surface area contributed by atoms with Gasteiger partial charge in [-0.05, 0) is 6.42 Å². The van der Waals surface area contributed by atoms with Gasteiger partial charge in [-0.2, -0.15) is 0 Å². The van der Waals surface area contributed by atoms with Gasteiger partial charge >= 0.3 is 8.25 Å². The van der Waals surface area contributed by atoms with Crippen molar-refractivity contribution in [1.82, 2.24) is 0 Å². The minimum Gasteiger partial charge on any atom is -0.396 e. The Hall–Kier alpha value is 0.110. The molecule has 0 saturated heterocycles. The number of aliphatic hydroxyl groups excluding tert-OH is 1. The fourth-order valence-electron chi connectivity index (χ4n) is 0.892. The molecule has 0 atom stereocenters. The normalized spacial score (nSPS) is 9.62. The molecule has 0 aliphatic carbocycles. The molecule has 0 amide bonds. The van der Waals surface area contributed by atoms with Crippen LogP contribution >= 0.6 is 8.25 Å². The van der Waals surface area contributed by atoms with E-state index in [1.54, 1.807) is 0 Å². The first kappa shape index (κ1) is 15.6. The van der Waals surface area contributed by atoms with Crippen LogP contribution in [0.2, 0.25) is 0 Å². The fraction of sp³-hybridized carbons (Fsp3) is 1.00. The highest BCUT2D eigenvalue weighted by Gasteiger charge is 1.86. The van der Waals surface area contributed by atoms with E-state index in [4.69, 9.17) is 19.5 Å². The van der Waals surface area contributed by atoms with E-state index in [9.17, 15) is 0 Å². The summed E-state index contributed by atoms with van der Waals surface area (Å²) >= 11 is 0. The lowest BCUT2D eigenvalue weighted by Crippen LogP contribution is -1.82. The SMILES string of the molecule is CCCCCCCCO.O=[PH](O)O. The van der Waals surface area contributed by atoms with Crippen LogP contribution in [-0.4, -0.2) is 21.5 Å². The lowest BCUT2D eigenvalue weighted by molar-refractivity contribution is 0.282. The summed E-state index contributed by atoms with van der Waals surface area (Å²) in [7, 11) is -3.13. The summed E-state index contributed by atoms with van der Waals surface area (Å²) in [5.74, 6) is 0. The summed E-state index contributed by atoms with van der Waals surface area (Å²) in [4.78, 5) is 14.3. The van der Waals surface area contributed by atoms with Gasteiger partial charge in [-0.15, -0.1) is 0 Å². The molecule has 0 bridgehead atoms. The first-order valence-corrected chi connectivity index (χ1v) is 5.98. The first-order chi connectivity index (χ1) is 6.15. The molecule has 0 saturated carbocycles. The zero-order chi connectivity index (χ0) is 10.5. The molecule has 0 radical (unpaired) electrons. The van der Waals surface area contributed by atoms with Crippen LogP contribution in [0.4, 0.5) is 0 Å². The second kappa shape index (κ2) is 14.6. The molecule has 0 aromatic heterocycles. The Morgan fingerprint density at radius 2 is 1.38 bits per heavy atom. The fourth-order valence-corrected chi connectivity index (χ4v) is 0.892. The van der Waals surface area contributed by atoms with Crippen molar-refractivity contribution in [3.63, 3.8) is 0 Å². The summed E-state index contributed by atoms with van der Waals surface area (Å²) in [5, 5.41) is 8.42. The van der Waals surface area contributed by atoms with Gasteiger partial charge in [0.15, 0.2) is 0 Å². The van der Waals surface area contributed by atoms with Gasteiger partial charge < -0.3 is 14.9 Å². The monoisotopic (exact) mass is 212 g/mol. The van der Waals surface area contributed by atoms with Crippen LogP contribution in [0.5, 0.6) is 0 Å². The molecule has 0 heterocycles. The van der Waals surface area contributed by atoms with Crippen molar-refractivity contribution in [2.24, 2.45) is 0 Å². The van der Waals surface area contributed by atoms with Gasteiger partial charge in [0.1, 0.15) is 0 Å². The maximum Gasteiger partial charge on any atom is 0.314 e. The second-order valence-corrected chi connectivity index (χ2v) is 3.34. The van der Waals surface area contributed by atoms with Gasteiger partial charge in [-0.25, -0.2) is 0 Å². The molecule has 0 unspecified atom stereocenters. The van der Waals surface area contributed by atoms with Crippen LogP contribution in [-0.2, 0) is 4.57 Å². The van der Waals surface area contributed by atoms with E-state index >= 15 is 0 Å². The van der Waals surface area contributed by atoms with Crippen molar-refractivity contribution in [2.45, 2.75) is 45.4 Å². The van der Waals surface area contributed by atoms with Crippen LogP contribution in [0.15, 0.2) is 0 Å². The van der Waals surface area contributed by atoms with E-state index in [0.29, 0.717) is 6.61 Å². The summed E-state index contributed by atoms with van der Waals surface area (Å²) < 4.78 is 8.74. The number of rotatable bonds is 6. The highest BCUT2D eigenvalue weighted by Crippen LogP contribution is 2.03. The van der Waals surface area contributed by atoms with Crippen LogP contribution in [0.3, 0.4) is 0 Å². The Balaban J connectivity index is 0. The van der Waals surface area contributed by atoms with E-state index < -0.39 is 8.25 Å².